The zero-order valence-corrected chi connectivity index (χ0v) is 20.7. The highest BCUT2D eigenvalue weighted by Crippen LogP contribution is 2.43. The number of nitrogens with zero attached hydrogens (tertiary/aromatic N) is 1. The molecular formula is C37H23N. The van der Waals surface area contributed by atoms with Gasteiger partial charge >= 0.3 is 0 Å². The van der Waals surface area contributed by atoms with E-state index in [9.17, 15) is 0 Å². The van der Waals surface area contributed by atoms with Crippen molar-refractivity contribution in [1.82, 2.24) is 4.98 Å². The molecule has 0 saturated heterocycles. The van der Waals surface area contributed by atoms with Crippen LogP contribution in [0.25, 0.3) is 76.4 Å². The van der Waals surface area contributed by atoms with E-state index in [4.69, 9.17) is 4.98 Å². The summed E-state index contributed by atoms with van der Waals surface area (Å²) < 4.78 is 0. The number of hydrogen-bond donors (Lipinski definition) is 0. The standard InChI is InChI=1S/C37H23N/c1-3-15-27-24(10-1)12-7-18-29(27)31-20-9-14-26-22-23-33-36(30-19-8-13-25-11-2-4-16-28(25)30)32-17-5-6-21-34(32)38-37(33)35(26)31/h1-23H. The first-order valence-corrected chi connectivity index (χ1v) is 13.1. The van der Waals surface area contributed by atoms with Crippen molar-refractivity contribution in [2.75, 3.05) is 0 Å². The maximum Gasteiger partial charge on any atom is 0.0800 e. The molecule has 0 saturated carbocycles. The average molecular weight is 482 g/mol. The van der Waals surface area contributed by atoms with Gasteiger partial charge in [-0.1, -0.05) is 133 Å². The van der Waals surface area contributed by atoms with Crippen molar-refractivity contribution in [2.45, 2.75) is 0 Å². The highest BCUT2D eigenvalue weighted by Gasteiger charge is 2.17. The molecule has 0 aliphatic carbocycles. The van der Waals surface area contributed by atoms with E-state index < -0.39 is 0 Å². The van der Waals surface area contributed by atoms with Crippen LogP contribution in [0.15, 0.2) is 140 Å². The van der Waals surface area contributed by atoms with Crippen molar-refractivity contribution in [1.29, 1.82) is 0 Å². The molecule has 0 unspecified atom stereocenters. The van der Waals surface area contributed by atoms with E-state index in [0.717, 1.165) is 11.0 Å². The van der Waals surface area contributed by atoms with E-state index in [-0.39, 0.29) is 0 Å². The summed E-state index contributed by atoms with van der Waals surface area (Å²) in [5, 5.41) is 9.78. The van der Waals surface area contributed by atoms with Gasteiger partial charge < -0.3 is 0 Å². The van der Waals surface area contributed by atoms with E-state index in [2.05, 4.69) is 140 Å². The van der Waals surface area contributed by atoms with Gasteiger partial charge in [0.15, 0.2) is 0 Å². The molecule has 0 aliphatic heterocycles. The number of fused-ring (bicyclic) bond motifs is 6. The molecule has 8 aromatic rings. The van der Waals surface area contributed by atoms with Gasteiger partial charge in [0.1, 0.15) is 0 Å². The smallest absolute Gasteiger partial charge is 0.0800 e. The Bertz CT molecular complexity index is 2180. The zero-order chi connectivity index (χ0) is 25.1. The van der Waals surface area contributed by atoms with Crippen LogP contribution in [0.5, 0.6) is 0 Å². The SMILES string of the molecule is c1ccc2c(-c3c4ccccc4nc4c3ccc3cccc(-c5cccc6ccccc56)c34)cccc2c1. The van der Waals surface area contributed by atoms with Crippen LogP contribution in [0, 0.1) is 0 Å². The van der Waals surface area contributed by atoms with Gasteiger partial charge in [-0.2, -0.15) is 0 Å². The Labute approximate surface area is 220 Å². The molecule has 8 rings (SSSR count). The lowest BCUT2D eigenvalue weighted by molar-refractivity contribution is 1.51. The van der Waals surface area contributed by atoms with Crippen LogP contribution >= 0.6 is 0 Å². The van der Waals surface area contributed by atoms with Crippen LogP contribution in [0.2, 0.25) is 0 Å². The molecule has 1 heteroatoms. The number of aromatic nitrogens is 1. The van der Waals surface area contributed by atoms with Crippen LogP contribution in [-0.2, 0) is 0 Å². The normalized spacial score (nSPS) is 11.7. The lowest BCUT2D eigenvalue weighted by Crippen LogP contribution is -1.93. The van der Waals surface area contributed by atoms with Gasteiger partial charge in [-0.05, 0) is 49.7 Å². The summed E-state index contributed by atoms with van der Waals surface area (Å²) in [7, 11) is 0. The van der Waals surface area contributed by atoms with E-state index in [1.807, 2.05) is 0 Å². The summed E-state index contributed by atoms with van der Waals surface area (Å²) in [5.41, 5.74) is 7.01. The van der Waals surface area contributed by atoms with E-state index >= 15 is 0 Å². The second kappa shape index (κ2) is 8.26. The Balaban J connectivity index is 1.57. The fourth-order valence-electron chi connectivity index (χ4n) is 6.14. The van der Waals surface area contributed by atoms with Gasteiger partial charge in [-0.25, -0.2) is 4.98 Å². The third kappa shape index (κ3) is 3.09. The van der Waals surface area contributed by atoms with Gasteiger partial charge in [0.05, 0.1) is 11.0 Å². The Kier molecular flexibility index (Phi) is 4.59. The molecule has 0 bridgehead atoms. The Morgan fingerprint density at radius 1 is 0.342 bits per heavy atom. The number of benzene rings is 7. The van der Waals surface area contributed by atoms with Crippen molar-refractivity contribution in [3.8, 4) is 22.3 Å². The second-order valence-electron chi connectivity index (χ2n) is 9.92. The summed E-state index contributed by atoms with van der Waals surface area (Å²) in [5.74, 6) is 0. The first-order chi connectivity index (χ1) is 18.9. The molecular weight excluding hydrogens is 458 g/mol. The lowest BCUT2D eigenvalue weighted by atomic mass is 9.88. The summed E-state index contributed by atoms with van der Waals surface area (Å²) in [6, 6.07) is 50.2. The highest BCUT2D eigenvalue weighted by atomic mass is 14.7. The van der Waals surface area contributed by atoms with Crippen molar-refractivity contribution >= 4 is 54.1 Å². The quantitative estimate of drug-likeness (QED) is 0.177. The van der Waals surface area contributed by atoms with Crippen molar-refractivity contribution < 1.29 is 0 Å². The van der Waals surface area contributed by atoms with Gasteiger partial charge in [0.2, 0.25) is 0 Å². The molecule has 1 aromatic heterocycles. The number of para-hydroxylation sites is 1. The number of pyridine rings is 1. The van der Waals surface area contributed by atoms with Crippen LogP contribution in [0.3, 0.4) is 0 Å². The van der Waals surface area contributed by atoms with Gasteiger partial charge in [0.25, 0.3) is 0 Å². The molecule has 0 fully saturated rings. The third-order valence-corrected chi connectivity index (χ3v) is 7.83. The Morgan fingerprint density at radius 2 is 0.895 bits per heavy atom. The van der Waals surface area contributed by atoms with Crippen LogP contribution in [0.4, 0.5) is 0 Å². The molecule has 0 aliphatic rings. The van der Waals surface area contributed by atoms with Crippen molar-refractivity contribution in [2.24, 2.45) is 0 Å². The monoisotopic (exact) mass is 481 g/mol. The topological polar surface area (TPSA) is 12.9 Å². The van der Waals surface area contributed by atoms with Gasteiger partial charge in [-0.3, -0.25) is 0 Å². The maximum absolute atomic E-state index is 5.34. The summed E-state index contributed by atoms with van der Waals surface area (Å²) in [6.45, 7) is 0. The predicted molar refractivity (Wildman–Crippen MR) is 163 cm³/mol. The molecule has 7 aromatic carbocycles. The molecule has 0 atom stereocenters. The van der Waals surface area contributed by atoms with E-state index in [0.29, 0.717) is 0 Å². The highest BCUT2D eigenvalue weighted by molar-refractivity contribution is 6.23. The van der Waals surface area contributed by atoms with Crippen LogP contribution < -0.4 is 0 Å². The molecule has 1 nitrogen and oxygen atoms in total. The molecule has 1 heterocycles. The second-order valence-corrected chi connectivity index (χ2v) is 9.92. The predicted octanol–water partition coefficient (Wildman–Crippen LogP) is 10.2. The summed E-state index contributed by atoms with van der Waals surface area (Å²) in [6.07, 6.45) is 0. The van der Waals surface area contributed by atoms with Gasteiger partial charge in [-0.15, -0.1) is 0 Å². The molecule has 0 N–H and O–H groups in total. The minimum atomic E-state index is 1.02. The Morgan fingerprint density at radius 3 is 1.66 bits per heavy atom. The molecule has 38 heavy (non-hydrogen) atoms. The lowest BCUT2D eigenvalue weighted by Gasteiger charge is -2.17. The van der Waals surface area contributed by atoms with Crippen LogP contribution in [-0.4, -0.2) is 4.98 Å². The first-order valence-electron chi connectivity index (χ1n) is 13.1. The summed E-state index contributed by atoms with van der Waals surface area (Å²) in [4.78, 5) is 5.34. The summed E-state index contributed by atoms with van der Waals surface area (Å²) >= 11 is 0. The maximum atomic E-state index is 5.34. The fraction of sp³-hybridized carbons (Fsp3) is 0. The average Bonchev–Trinajstić information content (AvgIpc) is 2.99. The van der Waals surface area contributed by atoms with E-state index in [1.54, 1.807) is 0 Å². The zero-order valence-electron chi connectivity index (χ0n) is 20.7. The largest absolute Gasteiger partial charge is 0.247 e. The third-order valence-electron chi connectivity index (χ3n) is 7.83. The first kappa shape index (κ1) is 21.1. The molecule has 0 spiro atoms. The molecule has 0 radical (unpaired) electrons. The molecule has 0 amide bonds. The Hall–Kier alpha value is -5.01. The van der Waals surface area contributed by atoms with Crippen molar-refractivity contribution in [3.05, 3.63) is 140 Å². The minimum absolute atomic E-state index is 1.02. The van der Waals surface area contributed by atoms with Gasteiger partial charge in [0, 0.05) is 21.7 Å². The molecule has 176 valence electrons. The van der Waals surface area contributed by atoms with Crippen LogP contribution in [0.1, 0.15) is 0 Å². The number of hydrogen-bond acceptors (Lipinski definition) is 1. The number of rotatable bonds is 2. The van der Waals surface area contributed by atoms with Crippen molar-refractivity contribution in [3.63, 3.8) is 0 Å². The van der Waals surface area contributed by atoms with E-state index in [1.165, 1.54) is 65.3 Å². The fourth-order valence-corrected chi connectivity index (χ4v) is 6.14. The minimum Gasteiger partial charge on any atom is -0.247 e.